The highest BCUT2D eigenvalue weighted by Gasteiger charge is 2.19. The van der Waals surface area contributed by atoms with Crippen LogP contribution in [0.25, 0.3) is 0 Å². The Morgan fingerprint density at radius 1 is 1.10 bits per heavy atom. The second-order valence-electron chi connectivity index (χ2n) is 6.74. The van der Waals surface area contributed by atoms with Crippen molar-refractivity contribution >= 4 is 16.7 Å². The lowest BCUT2D eigenvalue weighted by Gasteiger charge is -2.16. The highest BCUT2D eigenvalue weighted by Crippen LogP contribution is 2.22. The smallest absolute Gasteiger partial charge is 0.202 e. The standard InChI is InChI=1S/C15H28N4S/c1-15(2,3)13-18-14(20-19-13)17-11-10-16-12-8-6-4-5-7-9-12/h12,16H,4-11H2,1-3H3,(H,17,18,19). The first kappa shape index (κ1) is 15.7. The van der Waals surface area contributed by atoms with Gasteiger partial charge in [0.25, 0.3) is 0 Å². The van der Waals surface area contributed by atoms with Crippen LogP contribution in [0.5, 0.6) is 0 Å². The predicted octanol–water partition coefficient (Wildman–Crippen LogP) is 3.56. The van der Waals surface area contributed by atoms with Crippen LogP contribution in [0.4, 0.5) is 5.13 Å². The zero-order valence-corrected chi connectivity index (χ0v) is 13.9. The monoisotopic (exact) mass is 296 g/mol. The molecule has 114 valence electrons. The van der Waals surface area contributed by atoms with Gasteiger partial charge < -0.3 is 10.6 Å². The largest absolute Gasteiger partial charge is 0.359 e. The Morgan fingerprint density at radius 2 is 1.80 bits per heavy atom. The van der Waals surface area contributed by atoms with Crippen molar-refractivity contribution in [2.24, 2.45) is 0 Å². The average Bonchev–Trinajstić information content (AvgIpc) is 2.72. The van der Waals surface area contributed by atoms with E-state index in [0.29, 0.717) is 0 Å². The summed E-state index contributed by atoms with van der Waals surface area (Å²) in [5.41, 5.74) is 0.0367. The van der Waals surface area contributed by atoms with Crippen LogP contribution < -0.4 is 10.6 Å². The summed E-state index contributed by atoms with van der Waals surface area (Å²) in [5.74, 6) is 0.932. The molecule has 1 aliphatic carbocycles. The van der Waals surface area contributed by atoms with Crippen LogP contribution in [0.3, 0.4) is 0 Å². The maximum atomic E-state index is 4.55. The normalized spacial score (nSPS) is 17.9. The number of nitrogens with one attached hydrogen (secondary N) is 2. The van der Waals surface area contributed by atoms with Gasteiger partial charge >= 0.3 is 0 Å². The van der Waals surface area contributed by atoms with Gasteiger partial charge in [0.1, 0.15) is 5.82 Å². The van der Waals surface area contributed by atoms with E-state index in [2.05, 4.69) is 40.8 Å². The highest BCUT2D eigenvalue weighted by atomic mass is 32.1. The van der Waals surface area contributed by atoms with E-state index in [1.807, 2.05) is 0 Å². The minimum absolute atomic E-state index is 0.0367. The molecule has 0 atom stereocenters. The number of anilines is 1. The third-order valence-corrected chi connectivity index (χ3v) is 4.46. The van der Waals surface area contributed by atoms with E-state index in [9.17, 15) is 0 Å². The van der Waals surface area contributed by atoms with E-state index in [0.717, 1.165) is 30.1 Å². The summed E-state index contributed by atoms with van der Waals surface area (Å²) in [4.78, 5) is 4.55. The number of nitrogens with zero attached hydrogens (tertiary/aromatic N) is 2. The molecule has 5 heteroatoms. The maximum Gasteiger partial charge on any atom is 0.202 e. The molecule has 20 heavy (non-hydrogen) atoms. The lowest BCUT2D eigenvalue weighted by Crippen LogP contribution is -2.32. The van der Waals surface area contributed by atoms with Crippen molar-refractivity contribution in [2.75, 3.05) is 18.4 Å². The Balaban J connectivity index is 1.66. The molecule has 1 fully saturated rings. The minimum Gasteiger partial charge on any atom is -0.359 e. The Hall–Kier alpha value is -0.680. The van der Waals surface area contributed by atoms with Crippen molar-refractivity contribution in [1.29, 1.82) is 0 Å². The van der Waals surface area contributed by atoms with Gasteiger partial charge in [-0.1, -0.05) is 46.5 Å². The molecule has 0 aromatic carbocycles. The zero-order valence-electron chi connectivity index (χ0n) is 13.0. The van der Waals surface area contributed by atoms with Crippen LogP contribution in [-0.2, 0) is 5.41 Å². The molecule has 1 heterocycles. The van der Waals surface area contributed by atoms with Crippen molar-refractivity contribution in [3.8, 4) is 0 Å². The Bertz CT molecular complexity index is 389. The Labute approximate surface area is 126 Å². The molecule has 1 aliphatic rings. The molecule has 2 rings (SSSR count). The number of rotatable bonds is 5. The second-order valence-corrected chi connectivity index (χ2v) is 7.49. The van der Waals surface area contributed by atoms with Gasteiger partial charge in [-0.2, -0.15) is 4.37 Å². The molecule has 0 amide bonds. The SMILES string of the molecule is CC(C)(C)c1nsc(NCCNC2CCCCCC2)n1. The average molecular weight is 296 g/mol. The highest BCUT2D eigenvalue weighted by molar-refractivity contribution is 7.09. The summed E-state index contributed by atoms with van der Waals surface area (Å²) >= 11 is 1.47. The summed E-state index contributed by atoms with van der Waals surface area (Å²) in [7, 11) is 0. The topological polar surface area (TPSA) is 49.8 Å². The third kappa shape index (κ3) is 5.02. The van der Waals surface area contributed by atoms with E-state index in [4.69, 9.17) is 0 Å². The fraction of sp³-hybridized carbons (Fsp3) is 0.867. The van der Waals surface area contributed by atoms with Crippen LogP contribution in [0.2, 0.25) is 0 Å². The molecule has 1 saturated carbocycles. The molecule has 2 N–H and O–H groups in total. The van der Waals surface area contributed by atoms with Crippen molar-refractivity contribution in [1.82, 2.24) is 14.7 Å². The number of hydrogen-bond donors (Lipinski definition) is 2. The van der Waals surface area contributed by atoms with E-state index >= 15 is 0 Å². The van der Waals surface area contributed by atoms with Gasteiger partial charge in [-0.05, 0) is 12.8 Å². The molecule has 0 radical (unpaired) electrons. The van der Waals surface area contributed by atoms with Crippen molar-refractivity contribution in [3.63, 3.8) is 0 Å². The van der Waals surface area contributed by atoms with Crippen molar-refractivity contribution in [3.05, 3.63) is 5.82 Å². The van der Waals surface area contributed by atoms with Crippen LogP contribution in [0.15, 0.2) is 0 Å². The van der Waals surface area contributed by atoms with E-state index in [1.165, 1.54) is 50.1 Å². The summed E-state index contributed by atoms with van der Waals surface area (Å²) < 4.78 is 4.42. The molecule has 0 bridgehead atoms. The Morgan fingerprint density at radius 3 is 2.40 bits per heavy atom. The van der Waals surface area contributed by atoms with E-state index in [1.54, 1.807) is 0 Å². The van der Waals surface area contributed by atoms with Crippen molar-refractivity contribution in [2.45, 2.75) is 70.8 Å². The quantitative estimate of drug-likeness (QED) is 0.644. The fourth-order valence-corrected chi connectivity index (χ4v) is 3.31. The van der Waals surface area contributed by atoms with Gasteiger partial charge in [0.05, 0.1) is 0 Å². The first-order valence-electron chi connectivity index (χ1n) is 7.87. The molecular formula is C15H28N4S. The van der Waals surface area contributed by atoms with Crippen LogP contribution >= 0.6 is 11.5 Å². The molecule has 1 aromatic rings. The van der Waals surface area contributed by atoms with E-state index in [-0.39, 0.29) is 5.41 Å². The van der Waals surface area contributed by atoms with Crippen LogP contribution in [-0.4, -0.2) is 28.5 Å². The zero-order chi connectivity index (χ0) is 14.4. The second kappa shape index (κ2) is 7.36. The molecular weight excluding hydrogens is 268 g/mol. The van der Waals surface area contributed by atoms with Gasteiger partial charge in [-0.15, -0.1) is 0 Å². The molecule has 0 aliphatic heterocycles. The molecule has 0 unspecified atom stereocenters. The first-order chi connectivity index (χ1) is 9.55. The van der Waals surface area contributed by atoms with Crippen LogP contribution in [0.1, 0.15) is 65.1 Å². The number of aromatic nitrogens is 2. The molecule has 4 nitrogen and oxygen atoms in total. The summed E-state index contributed by atoms with van der Waals surface area (Å²) in [6, 6.07) is 0.721. The predicted molar refractivity (Wildman–Crippen MR) is 86.6 cm³/mol. The van der Waals surface area contributed by atoms with Gasteiger partial charge in [-0.3, -0.25) is 0 Å². The number of hydrogen-bond acceptors (Lipinski definition) is 5. The summed E-state index contributed by atoms with van der Waals surface area (Å²) in [5, 5.41) is 7.98. The van der Waals surface area contributed by atoms with Gasteiger partial charge in [0, 0.05) is 36.1 Å². The molecule has 0 spiro atoms. The fourth-order valence-electron chi connectivity index (χ4n) is 2.53. The minimum atomic E-state index is 0.0367. The van der Waals surface area contributed by atoms with Crippen molar-refractivity contribution < 1.29 is 0 Å². The molecule has 1 aromatic heterocycles. The van der Waals surface area contributed by atoms with E-state index < -0.39 is 0 Å². The lowest BCUT2D eigenvalue weighted by atomic mass is 9.96. The van der Waals surface area contributed by atoms with Gasteiger partial charge in [-0.25, -0.2) is 4.98 Å². The first-order valence-corrected chi connectivity index (χ1v) is 8.64. The van der Waals surface area contributed by atoms with Gasteiger partial charge in [0.2, 0.25) is 5.13 Å². The summed E-state index contributed by atoms with van der Waals surface area (Å²) in [6.07, 6.45) is 8.28. The Kier molecular flexibility index (Phi) is 5.78. The van der Waals surface area contributed by atoms with Gasteiger partial charge in [0.15, 0.2) is 0 Å². The summed E-state index contributed by atoms with van der Waals surface area (Å²) in [6.45, 7) is 8.37. The maximum absolute atomic E-state index is 4.55. The lowest BCUT2D eigenvalue weighted by molar-refractivity contribution is 0.468. The molecule has 0 saturated heterocycles. The third-order valence-electron chi connectivity index (χ3n) is 3.79. The van der Waals surface area contributed by atoms with Crippen LogP contribution in [0, 0.1) is 0 Å².